The Hall–Kier alpha value is -2.65. The van der Waals surface area contributed by atoms with Gasteiger partial charge in [0.05, 0.1) is 12.2 Å². The van der Waals surface area contributed by atoms with Gasteiger partial charge in [0.25, 0.3) is 5.91 Å². The highest BCUT2D eigenvalue weighted by Gasteiger charge is 2.26. The summed E-state index contributed by atoms with van der Waals surface area (Å²) in [5, 5.41) is 9.16. The molecule has 132 valence electrons. The first-order chi connectivity index (χ1) is 11.9. The highest BCUT2D eigenvalue weighted by atomic mass is 16.5. The maximum Gasteiger partial charge on any atom is 0.349 e. The molecular weight excluding hydrogens is 320 g/mol. The van der Waals surface area contributed by atoms with Crippen LogP contribution in [0.3, 0.4) is 0 Å². The van der Waals surface area contributed by atoms with E-state index in [4.69, 9.17) is 14.7 Å². The first-order valence-corrected chi connectivity index (χ1v) is 8.18. The molecule has 1 aliphatic heterocycles. The summed E-state index contributed by atoms with van der Waals surface area (Å²) in [4.78, 5) is 25.9. The quantitative estimate of drug-likeness (QED) is 0.475. The van der Waals surface area contributed by atoms with Crippen molar-refractivity contribution in [1.82, 2.24) is 4.90 Å². The fourth-order valence-electron chi connectivity index (χ4n) is 2.64. The van der Waals surface area contributed by atoms with Gasteiger partial charge in [-0.1, -0.05) is 29.8 Å². The van der Waals surface area contributed by atoms with E-state index in [1.54, 1.807) is 4.90 Å². The number of rotatable bonds is 4. The highest BCUT2D eigenvalue weighted by Crippen LogP contribution is 2.12. The molecule has 2 rings (SSSR count). The number of morpholine rings is 1. The molecule has 25 heavy (non-hydrogen) atoms. The third kappa shape index (κ3) is 5.44. The van der Waals surface area contributed by atoms with Crippen LogP contribution in [0.1, 0.15) is 25.0 Å². The van der Waals surface area contributed by atoms with Crippen LogP contribution in [0, 0.1) is 18.3 Å². The van der Waals surface area contributed by atoms with Gasteiger partial charge in [0, 0.05) is 13.1 Å². The number of ether oxygens (including phenoxy) is 2. The Kier molecular flexibility index (Phi) is 6.31. The van der Waals surface area contributed by atoms with Crippen LogP contribution in [0.5, 0.6) is 0 Å². The lowest BCUT2D eigenvalue weighted by atomic mass is 10.1. The topological polar surface area (TPSA) is 79.6 Å². The van der Waals surface area contributed by atoms with Gasteiger partial charge in [0.2, 0.25) is 0 Å². The lowest BCUT2D eigenvalue weighted by Crippen LogP contribution is -2.49. The number of nitrogens with zero attached hydrogens (tertiary/aromatic N) is 2. The average Bonchev–Trinajstić information content (AvgIpc) is 2.58. The van der Waals surface area contributed by atoms with Gasteiger partial charge in [0.1, 0.15) is 11.6 Å². The molecule has 0 N–H and O–H groups in total. The zero-order valence-electron chi connectivity index (χ0n) is 14.7. The van der Waals surface area contributed by atoms with E-state index in [0.29, 0.717) is 13.1 Å². The van der Waals surface area contributed by atoms with Crippen molar-refractivity contribution in [3.63, 3.8) is 0 Å². The Bertz CT molecular complexity index is 693. The van der Waals surface area contributed by atoms with Gasteiger partial charge in [-0.05, 0) is 32.4 Å². The second-order valence-corrected chi connectivity index (χ2v) is 6.21. The number of carbonyl (C=O) groups is 2. The van der Waals surface area contributed by atoms with Crippen molar-refractivity contribution in [3.8, 4) is 6.07 Å². The van der Waals surface area contributed by atoms with E-state index >= 15 is 0 Å². The zero-order valence-corrected chi connectivity index (χ0v) is 14.7. The summed E-state index contributed by atoms with van der Waals surface area (Å²) in [6.45, 7) is 6.27. The monoisotopic (exact) mass is 342 g/mol. The predicted octanol–water partition coefficient (Wildman–Crippen LogP) is 2.08. The molecule has 0 spiro atoms. The smallest absolute Gasteiger partial charge is 0.349 e. The van der Waals surface area contributed by atoms with Gasteiger partial charge in [-0.2, -0.15) is 5.26 Å². The van der Waals surface area contributed by atoms with Crippen LogP contribution < -0.4 is 0 Å². The van der Waals surface area contributed by atoms with E-state index in [-0.39, 0.29) is 30.3 Å². The predicted molar refractivity (Wildman–Crippen MR) is 92.3 cm³/mol. The third-order valence-corrected chi connectivity index (χ3v) is 3.83. The number of aryl methyl sites for hydroxylation is 1. The lowest BCUT2D eigenvalue weighted by molar-refractivity contribution is -0.154. The highest BCUT2D eigenvalue weighted by molar-refractivity contribution is 5.98. The summed E-state index contributed by atoms with van der Waals surface area (Å²) in [6, 6.07) is 9.21. The molecule has 0 aromatic heterocycles. The minimum Gasteiger partial charge on any atom is -0.451 e. The molecule has 1 aliphatic rings. The zero-order chi connectivity index (χ0) is 18.4. The van der Waals surface area contributed by atoms with Gasteiger partial charge in [-0.25, -0.2) is 4.79 Å². The van der Waals surface area contributed by atoms with Crippen LogP contribution in [0.4, 0.5) is 0 Å². The van der Waals surface area contributed by atoms with Crippen molar-refractivity contribution in [2.45, 2.75) is 33.0 Å². The van der Waals surface area contributed by atoms with E-state index < -0.39 is 5.97 Å². The summed E-state index contributed by atoms with van der Waals surface area (Å²) in [6.07, 6.45) is 1.34. The molecule has 1 heterocycles. The second kappa shape index (κ2) is 8.45. The Balaban J connectivity index is 1.94. The number of amides is 1. The number of hydrogen-bond donors (Lipinski definition) is 0. The van der Waals surface area contributed by atoms with E-state index in [0.717, 1.165) is 11.1 Å². The van der Waals surface area contributed by atoms with Crippen LogP contribution in [0.25, 0.3) is 6.08 Å². The molecule has 0 bridgehead atoms. The molecule has 1 aromatic carbocycles. The SMILES string of the molecule is Cc1ccc(/C=C(\C#N)C(=O)OCC(=O)N2C[C@@H](C)O[C@H](C)C2)cc1. The van der Waals surface area contributed by atoms with Crippen LogP contribution in [0.15, 0.2) is 29.8 Å². The van der Waals surface area contributed by atoms with E-state index in [2.05, 4.69) is 0 Å². The molecular formula is C19H22N2O4. The van der Waals surface area contributed by atoms with E-state index in [1.165, 1.54) is 6.08 Å². The molecule has 0 unspecified atom stereocenters. The van der Waals surface area contributed by atoms with Gasteiger partial charge in [0.15, 0.2) is 6.61 Å². The van der Waals surface area contributed by atoms with Crippen molar-refractivity contribution in [3.05, 3.63) is 41.0 Å². The summed E-state index contributed by atoms with van der Waals surface area (Å²) >= 11 is 0. The van der Waals surface area contributed by atoms with Crippen LogP contribution in [-0.4, -0.2) is 48.7 Å². The molecule has 1 saturated heterocycles. The van der Waals surface area contributed by atoms with Crippen molar-refractivity contribution in [2.24, 2.45) is 0 Å². The Labute approximate surface area is 147 Å². The maximum absolute atomic E-state index is 12.2. The largest absolute Gasteiger partial charge is 0.451 e. The fourth-order valence-corrected chi connectivity index (χ4v) is 2.64. The maximum atomic E-state index is 12.2. The minimum atomic E-state index is -0.800. The molecule has 0 aliphatic carbocycles. The van der Waals surface area contributed by atoms with Crippen molar-refractivity contribution in [2.75, 3.05) is 19.7 Å². The lowest BCUT2D eigenvalue weighted by Gasteiger charge is -2.35. The molecule has 1 fully saturated rings. The van der Waals surface area contributed by atoms with Crippen LogP contribution >= 0.6 is 0 Å². The van der Waals surface area contributed by atoms with Crippen molar-refractivity contribution in [1.29, 1.82) is 5.26 Å². The summed E-state index contributed by atoms with van der Waals surface area (Å²) in [7, 11) is 0. The molecule has 1 aromatic rings. The first-order valence-electron chi connectivity index (χ1n) is 8.18. The summed E-state index contributed by atoms with van der Waals surface area (Å²) < 4.78 is 10.6. The van der Waals surface area contributed by atoms with Gasteiger partial charge in [-0.3, -0.25) is 4.79 Å². The minimum absolute atomic E-state index is 0.0560. The fraction of sp³-hybridized carbons (Fsp3) is 0.421. The molecule has 0 saturated carbocycles. The van der Waals surface area contributed by atoms with Gasteiger partial charge >= 0.3 is 5.97 Å². The van der Waals surface area contributed by atoms with Crippen LogP contribution in [0.2, 0.25) is 0 Å². The van der Waals surface area contributed by atoms with Crippen molar-refractivity contribution < 1.29 is 19.1 Å². The molecule has 1 amide bonds. The van der Waals surface area contributed by atoms with Gasteiger partial charge in [-0.15, -0.1) is 0 Å². The number of esters is 1. The Morgan fingerprint density at radius 3 is 2.44 bits per heavy atom. The summed E-state index contributed by atoms with van der Waals surface area (Å²) in [5.74, 6) is -1.09. The van der Waals surface area contributed by atoms with E-state index in [1.807, 2.05) is 51.1 Å². The Morgan fingerprint density at radius 1 is 1.28 bits per heavy atom. The van der Waals surface area contributed by atoms with Gasteiger partial charge < -0.3 is 14.4 Å². The molecule has 2 atom stereocenters. The average molecular weight is 342 g/mol. The summed E-state index contributed by atoms with van der Waals surface area (Å²) in [5.41, 5.74) is 1.67. The third-order valence-electron chi connectivity index (χ3n) is 3.83. The second-order valence-electron chi connectivity index (χ2n) is 6.21. The van der Waals surface area contributed by atoms with Crippen LogP contribution in [-0.2, 0) is 19.1 Å². The molecule has 6 heteroatoms. The first kappa shape index (κ1) is 18.7. The number of hydrogen-bond acceptors (Lipinski definition) is 5. The standard InChI is InChI=1S/C19H22N2O4/c1-13-4-6-16(7-5-13)8-17(9-20)19(23)24-12-18(22)21-10-14(2)25-15(3)11-21/h4-8,14-15H,10-12H2,1-3H3/b17-8+/t14-,15-/m1/s1. The van der Waals surface area contributed by atoms with Crippen molar-refractivity contribution >= 4 is 18.0 Å². The molecule has 6 nitrogen and oxygen atoms in total. The molecule has 0 radical (unpaired) electrons. The normalized spacial score (nSPS) is 20.7. The number of nitriles is 1. The number of carbonyl (C=O) groups excluding carboxylic acids is 2. The number of benzene rings is 1. The Morgan fingerprint density at radius 2 is 1.88 bits per heavy atom. The van der Waals surface area contributed by atoms with E-state index in [9.17, 15) is 9.59 Å².